The van der Waals surface area contributed by atoms with E-state index in [-0.39, 0.29) is 5.60 Å². The van der Waals surface area contributed by atoms with Gasteiger partial charge >= 0.3 is 0 Å². The first-order chi connectivity index (χ1) is 7.55. The van der Waals surface area contributed by atoms with Crippen LogP contribution in [0.5, 0.6) is 0 Å². The van der Waals surface area contributed by atoms with E-state index in [1.54, 1.807) is 0 Å². The summed E-state index contributed by atoms with van der Waals surface area (Å²) < 4.78 is 5.56. The molecule has 0 saturated carbocycles. The minimum Gasteiger partial charge on any atom is -0.423 e. The Hall–Kier alpha value is 0.137. The molecule has 0 unspecified atom stereocenters. The fourth-order valence-electron chi connectivity index (χ4n) is 1.96. The summed E-state index contributed by atoms with van der Waals surface area (Å²) in [4.78, 5) is 2.59. The van der Waals surface area contributed by atoms with E-state index < -0.39 is 0 Å². The molecule has 0 spiro atoms. The SMILES string of the molecule is CCCN(CCC)CCCCC(C)(C)O[SiH3]. The largest absolute Gasteiger partial charge is 0.423 e. The van der Waals surface area contributed by atoms with Crippen molar-refractivity contribution in [1.82, 2.24) is 4.90 Å². The van der Waals surface area contributed by atoms with Crippen LogP contribution in [-0.2, 0) is 4.43 Å². The topological polar surface area (TPSA) is 12.5 Å². The van der Waals surface area contributed by atoms with Crippen molar-refractivity contribution < 1.29 is 4.43 Å². The molecule has 0 aliphatic rings. The van der Waals surface area contributed by atoms with Crippen LogP contribution in [0.4, 0.5) is 0 Å². The fraction of sp³-hybridized carbons (Fsp3) is 1.00. The summed E-state index contributed by atoms with van der Waals surface area (Å²) in [5.41, 5.74) is 0.118. The number of hydrogen-bond donors (Lipinski definition) is 0. The summed E-state index contributed by atoms with van der Waals surface area (Å²) in [6.07, 6.45) is 6.35. The highest BCUT2D eigenvalue weighted by atomic mass is 28.2. The van der Waals surface area contributed by atoms with Gasteiger partial charge < -0.3 is 9.33 Å². The van der Waals surface area contributed by atoms with E-state index >= 15 is 0 Å². The first-order valence-corrected chi connectivity index (χ1v) is 7.65. The van der Waals surface area contributed by atoms with Crippen LogP contribution in [0.15, 0.2) is 0 Å². The van der Waals surface area contributed by atoms with Gasteiger partial charge in [-0.1, -0.05) is 13.8 Å². The molecule has 0 aromatic heterocycles. The van der Waals surface area contributed by atoms with Gasteiger partial charge in [-0.05, 0) is 65.6 Å². The van der Waals surface area contributed by atoms with E-state index in [1.165, 1.54) is 51.7 Å². The van der Waals surface area contributed by atoms with Crippen LogP contribution < -0.4 is 0 Å². The zero-order valence-corrected chi connectivity index (χ0v) is 14.0. The van der Waals surface area contributed by atoms with Gasteiger partial charge in [-0.15, -0.1) is 0 Å². The average molecular weight is 245 g/mol. The van der Waals surface area contributed by atoms with E-state index in [9.17, 15) is 0 Å². The Bertz CT molecular complexity index is 156. The third-order valence-electron chi connectivity index (χ3n) is 3.14. The van der Waals surface area contributed by atoms with Gasteiger partial charge in [0, 0.05) is 5.60 Å². The second-order valence-corrected chi connectivity index (χ2v) is 5.67. The summed E-state index contributed by atoms with van der Waals surface area (Å²) in [7, 11) is 0.854. The van der Waals surface area contributed by atoms with Gasteiger partial charge in [0.2, 0.25) is 0 Å². The predicted molar refractivity (Wildman–Crippen MR) is 76.0 cm³/mol. The summed E-state index contributed by atoms with van der Waals surface area (Å²) >= 11 is 0. The molecule has 98 valence electrons. The number of unbranched alkanes of at least 4 members (excludes halogenated alkanes) is 1. The van der Waals surface area contributed by atoms with Gasteiger partial charge in [0.25, 0.3) is 0 Å². The highest BCUT2D eigenvalue weighted by Crippen LogP contribution is 2.16. The minimum absolute atomic E-state index is 0.118. The molecule has 16 heavy (non-hydrogen) atoms. The fourth-order valence-corrected chi connectivity index (χ4v) is 2.16. The van der Waals surface area contributed by atoms with Gasteiger partial charge in [-0.2, -0.15) is 0 Å². The smallest absolute Gasteiger partial charge is 0.146 e. The van der Waals surface area contributed by atoms with Crippen LogP contribution in [0, 0.1) is 0 Å². The molecule has 0 aromatic rings. The highest BCUT2D eigenvalue weighted by Gasteiger charge is 2.14. The Balaban J connectivity index is 3.61. The number of rotatable bonds is 10. The zero-order valence-electron chi connectivity index (χ0n) is 12.0. The monoisotopic (exact) mass is 245 g/mol. The lowest BCUT2D eigenvalue weighted by molar-refractivity contribution is 0.108. The van der Waals surface area contributed by atoms with Crippen LogP contribution in [0.2, 0.25) is 0 Å². The van der Waals surface area contributed by atoms with Gasteiger partial charge in [-0.25, -0.2) is 0 Å². The third kappa shape index (κ3) is 8.31. The van der Waals surface area contributed by atoms with E-state index in [2.05, 4.69) is 32.6 Å². The van der Waals surface area contributed by atoms with Crippen molar-refractivity contribution in [2.75, 3.05) is 19.6 Å². The number of hydrogen-bond acceptors (Lipinski definition) is 2. The maximum Gasteiger partial charge on any atom is 0.146 e. The molecular weight excluding hydrogens is 214 g/mol. The first kappa shape index (κ1) is 16.1. The lowest BCUT2D eigenvalue weighted by Gasteiger charge is -2.25. The second kappa shape index (κ2) is 9.20. The van der Waals surface area contributed by atoms with Crippen LogP contribution in [0.25, 0.3) is 0 Å². The number of nitrogens with zero attached hydrogens (tertiary/aromatic N) is 1. The molecular formula is C13H31NOSi. The molecule has 3 heteroatoms. The second-order valence-electron chi connectivity index (χ2n) is 5.26. The lowest BCUT2D eigenvalue weighted by Crippen LogP contribution is -2.27. The summed E-state index contributed by atoms with van der Waals surface area (Å²) in [6, 6.07) is 0. The molecule has 0 fully saturated rings. The van der Waals surface area contributed by atoms with Crippen molar-refractivity contribution >= 4 is 10.5 Å². The molecule has 0 aliphatic carbocycles. The quantitative estimate of drug-likeness (QED) is 0.433. The Morgan fingerprint density at radius 3 is 2.00 bits per heavy atom. The summed E-state index contributed by atoms with van der Waals surface area (Å²) in [5, 5.41) is 0. The zero-order chi connectivity index (χ0) is 12.4. The van der Waals surface area contributed by atoms with Crippen LogP contribution in [0.1, 0.15) is 59.8 Å². The van der Waals surface area contributed by atoms with Crippen LogP contribution in [-0.4, -0.2) is 40.6 Å². The van der Waals surface area contributed by atoms with E-state index in [4.69, 9.17) is 4.43 Å². The Labute approximate surface area is 105 Å². The first-order valence-electron chi connectivity index (χ1n) is 6.83. The van der Waals surface area contributed by atoms with Gasteiger partial charge in [0.1, 0.15) is 10.5 Å². The molecule has 0 N–H and O–H groups in total. The van der Waals surface area contributed by atoms with Crippen molar-refractivity contribution in [3.8, 4) is 0 Å². The van der Waals surface area contributed by atoms with Crippen molar-refractivity contribution in [3.63, 3.8) is 0 Å². The van der Waals surface area contributed by atoms with Gasteiger partial charge in [0.05, 0.1) is 0 Å². The van der Waals surface area contributed by atoms with Crippen molar-refractivity contribution in [2.45, 2.75) is 65.4 Å². The molecule has 2 nitrogen and oxygen atoms in total. The Morgan fingerprint density at radius 2 is 1.56 bits per heavy atom. The Morgan fingerprint density at radius 1 is 1.00 bits per heavy atom. The van der Waals surface area contributed by atoms with Crippen molar-refractivity contribution in [3.05, 3.63) is 0 Å². The van der Waals surface area contributed by atoms with Crippen molar-refractivity contribution in [1.29, 1.82) is 0 Å². The Kier molecular flexibility index (Phi) is 9.28. The third-order valence-corrected chi connectivity index (χ3v) is 4.24. The molecule has 0 heterocycles. The highest BCUT2D eigenvalue weighted by molar-refractivity contribution is 5.98. The van der Waals surface area contributed by atoms with Crippen LogP contribution >= 0.6 is 0 Å². The lowest BCUT2D eigenvalue weighted by atomic mass is 10.0. The molecule has 0 amide bonds. The molecule has 0 aliphatic heterocycles. The maximum absolute atomic E-state index is 5.56. The van der Waals surface area contributed by atoms with Gasteiger partial charge in [-0.3, -0.25) is 0 Å². The molecule has 0 aromatic carbocycles. The predicted octanol–water partition coefficient (Wildman–Crippen LogP) is 2.35. The maximum atomic E-state index is 5.56. The summed E-state index contributed by atoms with van der Waals surface area (Å²) in [6.45, 7) is 12.7. The summed E-state index contributed by atoms with van der Waals surface area (Å²) in [5.74, 6) is 0. The molecule has 0 saturated heterocycles. The van der Waals surface area contributed by atoms with Gasteiger partial charge in [0.15, 0.2) is 0 Å². The van der Waals surface area contributed by atoms with E-state index in [0.29, 0.717) is 0 Å². The molecule has 0 radical (unpaired) electrons. The van der Waals surface area contributed by atoms with Crippen molar-refractivity contribution in [2.24, 2.45) is 0 Å². The minimum atomic E-state index is 0.118. The standard InChI is InChI=1S/C13H31NOSi/c1-5-10-14(11-6-2)12-8-7-9-13(3,4)15-16/h5-12H2,1-4,16H3. The van der Waals surface area contributed by atoms with E-state index in [0.717, 1.165) is 10.5 Å². The van der Waals surface area contributed by atoms with E-state index in [1.807, 2.05) is 0 Å². The average Bonchev–Trinajstić information content (AvgIpc) is 2.25. The molecule has 0 rings (SSSR count). The molecule has 0 bridgehead atoms. The normalized spacial score (nSPS) is 12.6. The molecule has 0 atom stereocenters. The van der Waals surface area contributed by atoms with Crippen LogP contribution in [0.3, 0.4) is 0 Å².